The van der Waals surface area contributed by atoms with E-state index in [1.807, 2.05) is 0 Å². The lowest BCUT2D eigenvalue weighted by Gasteiger charge is -2.22. The maximum atomic E-state index is 11.5. The molecule has 0 aliphatic rings. The van der Waals surface area contributed by atoms with Crippen LogP contribution < -0.4 is 5.32 Å². The van der Waals surface area contributed by atoms with Gasteiger partial charge in [0.25, 0.3) is 0 Å². The lowest BCUT2D eigenvalue weighted by atomic mass is 10.2. The summed E-state index contributed by atoms with van der Waals surface area (Å²) in [5, 5.41) is 2.62. The van der Waals surface area contributed by atoms with Crippen LogP contribution in [0.5, 0.6) is 0 Å². The van der Waals surface area contributed by atoms with Crippen LogP contribution >= 0.6 is 0 Å². The summed E-state index contributed by atoms with van der Waals surface area (Å²) in [5.74, 6) is -0.429. The quantitative estimate of drug-likeness (QED) is 0.786. The molecule has 0 saturated heterocycles. The zero-order chi connectivity index (χ0) is 16.0. The van der Waals surface area contributed by atoms with Crippen LogP contribution in [0.1, 0.15) is 48.5 Å². The first-order valence-corrected chi connectivity index (χ1v) is 6.68. The maximum absolute atomic E-state index is 11.5. The lowest BCUT2D eigenvalue weighted by molar-refractivity contribution is -0.160. The van der Waals surface area contributed by atoms with Crippen LogP contribution in [0.2, 0.25) is 0 Å². The molecular formula is C14H27NO5. The van der Waals surface area contributed by atoms with E-state index in [4.69, 9.17) is 14.2 Å². The summed E-state index contributed by atoms with van der Waals surface area (Å²) in [6.07, 6.45) is -0.508. The highest BCUT2D eigenvalue weighted by atomic mass is 16.6. The fourth-order valence-corrected chi connectivity index (χ4v) is 1.24. The second kappa shape index (κ2) is 7.47. The number of nitrogens with one attached hydrogen (secondary N) is 1. The van der Waals surface area contributed by atoms with Gasteiger partial charge in [-0.25, -0.2) is 9.59 Å². The Labute approximate surface area is 121 Å². The van der Waals surface area contributed by atoms with Crippen molar-refractivity contribution >= 4 is 12.1 Å². The largest absolute Gasteiger partial charge is 0.458 e. The van der Waals surface area contributed by atoms with Gasteiger partial charge in [-0.1, -0.05) is 0 Å². The Morgan fingerprint density at radius 2 is 1.50 bits per heavy atom. The third-order valence-electron chi connectivity index (χ3n) is 1.77. The van der Waals surface area contributed by atoms with Gasteiger partial charge in [-0.3, -0.25) is 0 Å². The van der Waals surface area contributed by atoms with Crippen LogP contribution in [-0.4, -0.2) is 42.5 Å². The minimum Gasteiger partial charge on any atom is -0.458 e. The fourth-order valence-electron chi connectivity index (χ4n) is 1.24. The topological polar surface area (TPSA) is 73.9 Å². The molecule has 0 aliphatic heterocycles. The second-order valence-corrected chi connectivity index (χ2v) is 6.65. The molecular weight excluding hydrogens is 262 g/mol. The first-order chi connectivity index (χ1) is 8.89. The lowest BCUT2D eigenvalue weighted by Crippen LogP contribution is -2.40. The van der Waals surface area contributed by atoms with Crippen LogP contribution in [0.15, 0.2) is 0 Å². The SMILES string of the molecule is C[C@@H](COCC(=O)OC(C)(C)C)NC(=O)OC(C)(C)C. The van der Waals surface area contributed by atoms with E-state index in [0.717, 1.165) is 0 Å². The standard InChI is InChI=1S/C14H27NO5/c1-10(15-12(17)20-14(5,6)7)8-18-9-11(16)19-13(2,3)4/h10H,8-9H2,1-7H3,(H,15,17)/t10-/m0/s1. The summed E-state index contributed by atoms with van der Waals surface area (Å²) >= 11 is 0. The first-order valence-electron chi connectivity index (χ1n) is 6.68. The number of hydrogen-bond acceptors (Lipinski definition) is 5. The van der Waals surface area contributed by atoms with Gasteiger partial charge >= 0.3 is 12.1 Å². The number of amides is 1. The summed E-state index contributed by atoms with van der Waals surface area (Å²) in [5.41, 5.74) is -1.07. The average Bonchev–Trinajstić information content (AvgIpc) is 2.10. The molecule has 0 aromatic carbocycles. The molecule has 0 radical (unpaired) electrons. The molecule has 0 unspecified atom stereocenters. The summed E-state index contributed by atoms with van der Waals surface area (Å²) in [6.45, 7) is 12.6. The first kappa shape index (κ1) is 18.7. The van der Waals surface area contributed by atoms with E-state index in [0.29, 0.717) is 0 Å². The molecule has 20 heavy (non-hydrogen) atoms. The van der Waals surface area contributed by atoms with Crippen molar-refractivity contribution in [1.82, 2.24) is 5.32 Å². The van der Waals surface area contributed by atoms with E-state index >= 15 is 0 Å². The van der Waals surface area contributed by atoms with E-state index in [1.165, 1.54) is 0 Å². The Bertz CT molecular complexity index is 327. The highest BCUT2D eigenvalue weighted by molar-refractivity contribution is 5.71. The molecule has 0 aromatic rings. The number of hydrogen-bond donors (Lipinski definition) is 1. The number of rotatable bonds is 5. The molecule has 1 amide bonds. The van der Waals surface area contributed by atoms with Gasteiger partial charge in [0, 0.05) is 0 Å². The molecule has 0 heterocycles. The highest BCUT2D eigenvalue weighted by Crippen LogP contribution is 2.07. The molecule has 1 atom stereocenters. The van der Waals surface area contributed by atoms with Crippen LogP contribution in [0.4, 0.5) is 4.79 Å². The van der Waals surface area contributed by atoms with Crippen molar-refractivity contribution in [3.05, 3.63) is 0 Å². The van der Waals surface area contributed by atoms with E-state index in [1.54, 1.807) is 48.5 Å². The smallest absolute Gasteiger partial charge is 0.407 e. The summed E-state index contributed by atoms with van der Waals surface area (Å²) in [6, 6.07) is -0.257. The Kier molecular flexibility index (Phi) is 6.99. The van der Waals surface area contributed by atoms with E-state index in [2.05, 4.69) is 5.32 Å². The van der Waals surface area contributed by atoms with E-state index in [9.17, 15) is 9.59 Å². The fraction of sp³-hybridized carbons (Fsp3) is 0.857. The third kappa shape index (κ3) is 11.8. The molecule has 118 valence electrons. The second-order valence-electron chi connectivity index (χ2n) is 6.65. The minimum atomic E-state index is -0.541. The van der Waals surface area contributed by atoms with Crippen LogP contribution in [0.3, 0.4) is 0 Å². The predicted molar refractivity (Wildman–Crippen MR) is 75.5 cm³/mol. The predicted octanol–water partition coefficient (Wildman–Crippen LogP) is 2.26. The van der Waals surface area contributed by atoms with Crippen LogP contribution in [0.25, 0.3) is 0 Å². The third-order valence-corrected chi connectivity index (χ3v) is 1.77. The summed E-state index contributed by atoms with van der Waals surface area (Å²) in [4.78, 5) is 22.9. The molecule has 1 N–H and O–H groups in total. The van der Waals surface area contributed by atoms with Crippen molar-refractivity contribution in [2.24, 2.45) is 0 Å². The zero-order valence-corrected chi connectivity index (χ0v) is 13.5. The van der Waals surface area contributed by atoms with Gasteiger partial charge in [-0.15, -0.1) is 0 Å². The minimum absolute atomic E-state index is 0.141. The molecule has 0 saturated carbocycles. The average molecular weight is 289 g/mol. The molecule has 6 heteroatoms. The number of carbonyl (C=O) groups is 2. The summed E-state index contributed by atoms with van der Waals surface area (Å²) in [7, 11) is 0. The molecule has 0 aromatic heterocycles. The highest BCUT2D eigenvalue weighted by Gasteiger charge is 2.19. The van der Waals surface area contributed by atoms with Crippen molar-refractivity contribution in [3.63, 3.8) is 0 Å². The molecule has 0 fully saturated rings. The molecule has 6 nitrogen and oxygen atoms in total. The monoisotopic (exact) mass is 289 g/mol. The Morgan fingerprint density at radius 3 is 1.95 bits per heavy atom. The Morgan fingerprint density at radius 1 is 1.00 bits per heavy atom. The molecule has 0 rings (SSSR count). The van der Waals surface area contributed by atoms with E-state index < -0.39 is 23.3 Å². The zero-order valence-electron chi connectivity index (χ0n) is 13.5. The molecule has 0 aliphatic carbocycles. The number of esters is 1. The molecule has 0 bridgehead atoms. The summed E-state index contributed by atoms with van der Waals surface area (Å²) < 4.78 is 15.4. The van der Waals surface area contributed by atoms with E-state index in [-0.39, 0.29) is 19.3 Å². The van der Waals surface area contributed by atoms with Crippen molar-refractivity contribution in [2.75, 3.05) is 13.2 Å². The van der Waals surface area contributed by atoms with Crippen molar-refractivity contribution < 1.29 is 23.8 Å². The van der Waals surface area contributed by atoms with Gasteiger partial charge < -0.3 is 19.5 Å². The number of carbonyl (C=O) groups excluding carboxylic acids is 2. The Balaban J connectivity index is 3.87. The van der Waals surface area contributed by atoms with Crippen molar-refractivity contribution in [1.29, 1.82) is 0 Å². The van der Waals surface area contributed by atoms with Gasteiger partial charge in [0.2, 0.25) is 0 Å². The van der Waals surface area contributed by atoms with Crippen LogP contribution in [-0.2, 0) is 19.0 Å². The number of alkyl carbamates (subject to hydrolysis) is 1. The normalized spacial score (nSPS) is 13.6. The van der Waals surface area contributed by atoms with Gasteiger partial charge in [-0.2, -0.15) is 0 Å². The van der Waals surface area contributed by atoms with Crippen molar-refractivity contribution in [2.45, 2.75) is 65.7 Å². The Hall–Kier alpha value is -1.30. The van der Waals surface area contributed by atoms with Crippen molar-refractivity contribution in [3.8, 4) is 0 Å². The maximum Gasteiger partial charge on any atom is 0.407 e. The van der Waals surface area contributed by atoms with Gasteiger partial charge in [-0.05, 0) is 48.5 Å². The van der Waals surface area contributed by atoms with Gasteiger partial charge in [0.1, 0.15) is 17.8 Å². The van der Waals surface area contributed by atoms with Crippen LogP contribution in [0, 0.1) is 0 Å². The van der Waals surface area contributed by atoms with Gasteiger partial charge in [0.05, 0.1) is 12.6 Å². The molecule has 0 spiro atoms. The number of ether oxygens (including phenoxy) is 3. The van der Waals surface area contributed by atoms with Gasteiger partial charge in [0.15, 0.2) is 0 Å².